The Morgan fingerprint density at radius 3 is 2.54 bits per heavy atom. The molecule has 1 fully saturated rings. The molecule has 24 heavy (non-hydrogen) atoms. The highest BCUT2D eigenvalue weighted by Gasteiger charge is 2.15. The Labute approximate surface area is 147 Å². The fourth-order valence-electron chi connectivity index (χ4n) is 3.19. The first-order chi connectivity index (χ1) is 11.7. The Morgan fingerprint density at radius 2 is 1.88 bits per heavy atom. The molecule has 1 saturated heterocycles. The van der Waals surface area contributed by atoms with Crippen LogP contribution in [0.4, 0.5) is 0 Å². The van der Waals surface area contributed by atoms with Gasteiger partial charge < -0.3 is 19.5 Å². The Kier molecular flexibility index (Phi) is 12.1. The standard InChI is InChI=1S/C18H36N2O4/c1-23-16-17(21)15-20(12-6-3-5-9-18(22)24-2)14-13-19-10-7-4-8-11-19/h17,21H,3-16H2,1-2H3. The molecule has 0 radical (unpaired) electrons. The molecule has 142 valence electrons. The molecule has 0 aromatic heterocycles. The zero-order valence-corrected chi connectivity index (χ0v) is 15.5. The van der Waals surface area contributed by atoms with E-state index in [2.05, 4.69) is 14.5 Å². The maximum atomic E-state index is 11.1. The van der Waals surface area contributed by atoms with E-state index in [0.29, 0.717) is 19.6 Å². The van der Waals surface area contributed by atoms with Crippen LogP contribution in [0.2, 0.25) is 0 Å². The second-order valence-electron chi connectivity index (χ2n) is 6.70. The molecule has 0 spiro atoms. The minimum Gasteiger partial charge on any atom is -0.469 e. The molecular weight excluding hydrogens is 308 g/mol. The number of hydrogen-bond acceptors (Lipinski definition) is 6. The monoisotopic (exact) mass is 344 g/mol. The summed E-state index contributed by atoms with van der Waals surface area (Å²) in [5.74, 6) is -0.132. The van der Waals surface area contributed by atoms with Crippen LogP contribution in [0.1, 0.15) is 44.9 Å². The normalized spacial score (nSPS) is 17.2. The number of methoxy groups -OCH3 is 2. The zero-order valence-electron chi connectivity index (χ0n) is 15.5. The summed E-state index contributed by atoms with van der Waals surface area (Å²) >= 11 is 0. The first-order valence-electron chi connectivity index (χ1n) is 9.34. The maximum absolute atomic E-state index is 11.1. The van der Waals surface area contributed by atoms with Crippen molar-refractivity contribution in [2.75, 3.05) is 60.1 Å². The van der Waals surface area contributed by atoms with E-state index in [0.717, 1.165) is 38.9 Å². The number of nitrogens with zero attached hydrogens (tertiary/aromatic N) is 2. The second-order valence-corrected chi connectivity index (χ2v) is 6.70. The van der Waals surface area contributed by atoms with Crippen molar-refractivity contribution in [2.24, 2.45) is 0 Å². The van der Waals surface area contributed by atoms with Gasteiger partial charge in [0.25, 0.3) is 0 Å². The Balaban J connectivity index is 2.26. The average Bonchev–Trinajstić information content (AvgIpc) is 2.60. The summed E-state index contributed by atoms with van der Waals surface area (Å²) in [6.07, 6.45) is 6.94. The van der Waals surface area contributed by atoms with Crippen molar-refractivity contribution in [1.82, 2.24) is 9.80 Å². The third-order valence-corrected chi connectivity index (χ3v) is 4.59. The van der Waals surface area contributed by atoms with Crippen LogP contribution in [0, 0.1) is 0 Å². The van der Waals surface area contributed by atoms with Crippen molar-refractivity contribution in [3.05, 3.63) is 0 Å². The molecule has 0 aromatic carbocycles. The van der Waals surface area contributed by atoms with Gasteiger partial charge in [-0.3, -0.25) is 9.69 Å². The van der Waals surface area contributed by atoms with E-state index >= 15 is 0 Å². The largest absolute Gasteiger partial charge is 0.469 e. The molecule has 1 unspecified atom stereocenters. The lowest BCUT2D eigenvalue weighted by Gasteiger charge is -2.31. The number of ether oxygens (including phenoxy) is 2. The fraction of sp³-hybridized carbons (Fsp3) is 0.944. The molecule has 0 aliphatic carbocycles. The summed E-state index contributed by atoms with van der Waals surface area (Å²) < 4.78 is 9.70. The van der Waals surface area contributed by atoms with Crippen LogP contribution in [0.3, 0.4) is 0 Å². The van der Waals surface area contributed by atoms with Gasteiger partial charge in [0.1, 0.15) is 0 Å². The number of hydrogen-bond donors (Lipinski definition) is 1. The summed E-state index contributed by atoms with van der Waals surface area (Å²) in [7, 11) is 3.05. The first-order valence-corrected chi connectivity index (χ1v) is 9.34. The van der Waals surface area contributed by atoms with E-state index in [1.807, 2.05) is 0 Å². The van der Waals surface area contributed by atoms with Crippen LogP contribution < -0.4 is 0 Å². The van der Waals surface area contributed by atoms with Crippen LogP contribution in [0.25, 0.3) is 0 Å². The number of piperidine rings is 1. The van der Waals surface area contributed by atoms with Crippen LogP contribution in [0.5, 0.6) is 0 Å². The van der Waals surface area contributed by atoms with Crippen molar-refractivity contribution < 1.29 is 19.4 Å². The third kappa shape index (κ3) is 10.2. The SMILES string of the molecule is COCC(O)CN(CCCCCC(=O)OC)CCN1CCCCC1. The molecule has 0 saturated carbocycles. The van der Waals surface area contributed by atoms with Gasteiger partial charge in [0.05, 0.1) is 19.8 Å². The van der Waals surface area contributed by atoms with Gasteiger partial charge in [-0.25, -0.2) is 0 Å². The van der Waals surface area contributed by atoms with Gasteiger partial charge in [-0.15, -0.1) is 0 Å². The van der Waals surface area contributed by atoms with Gasteiger partial charge in [0.15, 0.2) is 0 Å². The van der Waals surface area contributed by atoms with Crippen LogP contribution in [-0.2, 0) is 14.3 Å². The molecule has 1 aliphatic heterocycles. The van der Waals surface area contributed by atoms with E-state index in [1.165, 1.54) is 39.5 Å². The summed E-state index contributed by atoms with van der Waals surface area (Å²) in [5.41, 5.74) is 0. The Bertz CT molecular complexity index is 322. The van der Waals surface area contributed by atoms with Gasteiger partial charge >= 0.3 is 5.97 Å². The molecule has 6 heteroatoms. The highest BCUT2D eigenvalue weighted by molar-refractivity contribution is 5.68. The third-order valence-electron chi connectivity index (χ3n) is 4.59. The Hall–Kier alpha value is -0.690. The number of aliphatic hydroxyl groups is 1. The van der Waals surface area contributed by atoms with E-state index in [4.69, 9.17) is 4.74 Å². The van der Waals surface area contributed by atoms with Gasteiger partial charge in [-0.2, -0.15) is 0 Å². The number of aliphatic hydroxyl groups excluding tert-OH is 1. The zero-order chi connectivity index (χ0) is 17.6. The van der Waals surface area contributed by atoms with Gasteiger partial charge in [0, 0.05) is 33.2 Å². The molecule has 0 amide bonds. The molecule has 1 rings (SSSR count). The van der Waals surface area contributed by atoms with Crippen LogP contribution >= 0.6 is 0 Å². The van der Waals surface area contributed by atoms with E-state index in [9.17, 15) is 9.90 Å². The average molecular weight is 344 g/mol. The highest BCUT2D eigenvalue weighted by Crippen LogP contribution is 2.09. The molecule has 1 N–H and O–H groups in total. The summed E-state index contributed by atoms with van der Waals surface area (Å²) in [5, 5.41) is 10.0. The van der Waals surface area contributed by atoms with Crippen molar-refractivity contribution in [3.8, 4) is 0 Å². The molecule has 6 nitrogen and oxygen atoms in total. The lowest BCUT2D eigenvalue weighted by Crippen LogP contribution is -2.42. The van der Waals surface area contributed by atoms with Crippen molar-refractivity contribution in [3.63, 3.8) is 0 Å². The number of carbonyl (C=O) groups excluding carboxylic acids is 1. The topological polar surface area (TPSA) is 62.2 Å². The van der Waals surface area contributed by atoms with Crippen LogP contribution in [-0.4, -0.2) is 87.1 Å². The Morgan fingerprint density at radius 1 is 1.12 bits per heavy atom. The van der Waals surface area contributed by atoms with Crippen molar-refractivity contribution in [2.45, 2.75) is 51.0 Å². The predicted octanol–water partition coefficient (Wildman–Crippen LogP) is 1.52. The fourth-order valence-corrected chi connectivity index (χ4v) is 3.19. The number of rotatable bonds is 13. The van der Waals surface area contributed by atoms with Gasteiger partial charge in [0.2, 0.25) is 0 Å². The quantitative estimate of drug-likeness (QED) is 0.404. The van der Waals surface area contributed by atoms with E-state index in [1.54, 1.807) is 7.11 Å². The van der Waals surface area contributed by atoms with Crippen molar-refractivity contribution in [1.29, 1.82) is 0 Å². The lowest BCUT2D eigenvalue weighted by molar-refractivity contribution is -0.140. The maximum Gasteiger partial charge on any atom is 0.305 e. The molecule has 1 aliphatic rings. The molecule has 1 atom stereocenters. The molecule has 0 aromatic rings. The number of esters is 1. The molecule has 1 heterocycles. The predicted molar refractivity (Wildman–Crippen MR) is 95.1 cm³/mol. The first kappa shape index (κ1) is 21.4. The number of likely N-dealkylation sites (tertiary alicyclic amines) is 1. The summed E-state index contributed by atoms with van der Waals surface area (Å²) in [4.78, 5) is 16.0. The number of carbonyl (C=O) groups is 1. The molecule has 0 bridgehead atoms. The van der Waals surface area contributed by atoms with E-state index < -0.39 is 6.10 Å². The second kappa shape index (κ2) is 13.6. The molecular formula is C18H36N2O4. The highest BCUT2D eigenvalue weighted by atomic mass is 16.5. The minimum absolute atomic E-state index is 0.132. The minimum atomic E-state index is -0.438. The summed E-state index contributed by atoms with van der Waals surface area (Å²) in [6, 6.07) is 0. The van der Waals surface area contributed by atoms with Gasteiger partial charge in [-0.05, 0) is 45.3 Å². The summed E-state index contributed by atoms with van der Waals surface area (Å²) in [6.45, 7) is 6.44. The van der Waals surface area contributed by atoms with Gasteiger partial charge in [-0.1, -0.05) is 12.8 Å². The van der Waals surface area contributed by atoms with E-state index in [-0.39, 0.29) is 5.97 Å². The smallest absolute Gasteiger partial charge is 0.305 e. The van der Waals surface area contributed by atoms with Crippen molar-refractivity contribution >= 4 is 5.97 Å². The lowest BCUT2D eigenvalue weighted by atomic mass is 10.1. The van der Waals surface area contributed by atoms with Crippen LogP contribution in [0.15, 0.2) is 0 Å². The number of unbranched alkanes of at least 4 members (excludes halogenated alkanes) is 2.